The van der Waals surface area contributed by atoms with Gasteiger partial charge < -0.3 is 29.1 Å². The van der Waals surface area contributed by atoms with E-state index in [2.05, 4.69) is 16.7 Å². The summed E-state index contributed by atoms with van der Waals surface area (Å²) in [7, 11) is 1.44. The van der Waals surface area contributed by atoms with E-state index in [4.69, 9.17) is 13.9 Å². The van der Waals surface area contributed by atoms with E-state index >= 15 is 0 Å². The highest BCUT2D eigenvalue weighted by molar-refractivity contribution is 5.98. The Hall–Kier alpha value is -4.52. The lowest BCUT2D eigenvalue weighted by Crippen LogP contribution is -2.32. The van der Waals surface area contributed by atoms with E-state index in [-0.39, 0.29) is 5.56 Å². The van der Waals surface area contributed by atoms with Crippen LogP contribution in [0, 0.1) is 25.2 Å². The molecule has 0 aliphatic heterocycles. The Kier molecular flexibility index (Phi) is 7.71. The van der Waals surface area contributed by atoms with E-state index in [0.717, 1.165) is 11.3 Å². The Morgan fingerprint density at radius 3 is 2.59 bits per heavy atom. The third kappa shape index (κ3) is 5.45. The van der Waals surface area contributed by atoms with Gasteiger partial charge >= 0.3 is 5.97 Å². The molecule has 10 heteroatoms. The number of carbonyl (C=O) groups excluding carboxylic acids is 3. The van der Waals surface area contributed by atoms with E-state index in [9.17, 15) is 19.6 Å². The highest BCUT2D eigenvalue weighted by Crippen LogP contribution is 2.27. The Balaban J connectivity index is 1.58. The molecule has 0 aliphatic carbocycles. The second kappa shape index (κ2) is 10.9. The van der Waals surface area contributed by atoms with Gasteiger partial charge in [-0.2, -0.15) is 5.26 Å². The molecule has 3 aromatic rings. The maximum absolute atomic E-state index is 12.5. The van der Waals surface area contributed by atoms with Crippen LogP contribution in [0.4, 0.5) is 5.82 Å². The van der Waals surface area contributed by atoms with Crippen molar-refractivity contribution in [3.05, 3.63) is 70.8 Å². The van der Waals surface area contributed by atoms with Crippen LogP contribution in [0.25, 0.3) is 0 Å². The Bertz CT molecular complexity index is 1240. The lowest BCUT2D eigenvalue weighted by atomic mass is 10.2. The van der Waals surface area contributed by atoms with Gasteiger partial charge in [0.25, 0.3) is 11.8 Å². The molecule has 0 saturated carbocycles. The highest BCUT2D eigenvalue weighted by Gasteiger charge is 2.21. The van der Waals surface area contributed by atoms with Crippen molar-refractivity contribution in [2.24, 2.45) is 0 Å². The summed E-state index contributed by atoms with van der Waals surface area (Å²) in [5.74, 6) is -0.630. The average Bonchev–Trinajstić information content (AvgIpc) is 3.43. The number of esters is 1. The number of ether oxygens (including phenoxy) is 2. The predicted molar refractivity (Wildman–Crippen MR) is 121 cm³/mol. The van der Waals surface area contributed by atoms with Gasteiger partial charge in [0, 0.05) is 5.69 Å². The van der Waals surface area contributed by atoms with Crippen LogP contribution in [0.15, 0.2) is 47.1 Å². The molecule has 0 atom stereocenters. The Labute approximate surface area is 196 Å². The number of hydrogen-bond donors (Lipinski definition) is 2. The molecule has 176 valence electrons. The maximum atomic E-state index is 12.5. The van der Waals surface area contributed by atoms with Crippen molar-refractivity contribution in [3.63, 3.8) is 0 Å². The molecule has 0 unspecified atom stereocenters. The molecule has 34 heavy (non-hydrogen) atoms. The highest BCUT2D eigenvalue weighted by atomic mass is 16.5. The minimum atomic E-state index is -0.794. The lowest BCUT2D eigenvalue weighted by molar-refractivity contribution is -0.146. The van der Waals surface area contributed by atoms with Crippen LogP contribution >= 0.6 is 0 Å². The van der Waals surface area contributed by atoms with Gasteiger partial charge in [0.1, 0.15) is 29.9 Å². The van der Waals surface area contributed by atoms with Crippen molar-refractivity contribution in [1.82, 2.24) is 9.88 Å². The number of nitrogens with one attached hydrogen (secondary N) is 2. The second-order valence-corrected chi connectivity index (χ2v) is 7.30. The first-order valence-corrected chi connectivity index (χ1v) is 10.3. The first-order valence-electron chi connectivity index (χ1n) is 10.3. The molecule has 0 fully saturated rings. The summed E-state index contributed by atoms with van der Waals surface area (Å²) in [6.07, 6.45) is 1.54. The zero-order chi connectivity index (χ0) is 24.7. The van der Waals surface area contributed by atoms with Gasteiger partial charge in [-0.05, 0) is 43.7 Å². The summed E-state index contributed by atoms with van der Waals surface area (Å²) in [6, 6.07) is 12.2. The molecule has 0 bridgehead atoms. The number of anilines is 1. The van der Waals surface area contributed by atoms with Crippen molar-refractivity contribution in [3.8, 4) is 11.8 Å². The van der Waals surface area contributed by atoms with Gasteiger partial charge in [-0.1, -0.05) is 12.1 Å². The summed E-state index contributed by atoms with van der Waals surface area (Å²) in [5, 5.41) is 14.6. The molecule has 3 rings (SSSR count). The molecule has 1 aromatic carbocycles. The number of para-hydroxylation sites is 1. The molecular formula is C24H24N4O6. The smallest absolute Gasteiger partial charge is 0.325 e. The minimum Gasteiger partial charge on any atom is -0.496 e. The summed E-state index contributed by atoms with van der Waals surface area (Å²) in [6.45, 7) is 2.91. The fraction of sp³-hybridized carbons (Fsp3) is 0.250. The quantitative estimate of drug-likeness (QED) is 0.465. The molecule has 2 amide bonds. The van der Waals surface area contributed by atoms with Crippen LogP contribution in [0.5, 0.6) is 5.75 Å². The molecule has 2 aromatic heterocycles. The van der Waals surface area contributed by atoms with Crippen molar-refractivity contribution in [2.45, 2.75) is 20.4 Å². The standard InChI is InChI=1S/C24H24N4O6/c1-15-16(2)28(13-17-7-6-10-33-17)23(19(15)11-25)27-21(29)14-34-22(30)12-26-24(31)18-8-4-5-9-20(18)32-3/h4-10H,12-14H2,1-3H3,(H,26,31)(H,27,29). The van der Waals surface area contributed by atoms with Gasteiger partial charge in [-0.15, -0.1) is 0 Å². The van der Waals surface area contributed by atoms with Crippen molar-refractivity contribution in [1.29, 1.82) is 5.26 Å². The first kappa shape index (κ1) is 24.1. The predicted octanol–water partition coefficient (Wildman–Crippen LogP) is 2.54. The van der Waals surface area contributed by atoms with Gasteiger partial charge in [-0.3, -0.25) is 14.4 Å². The summed E-state index contributed by atoms with van der Waals surface area (Å²) < 4.78 is 17.2. The van der Waals surface area contributed by atoms with Crippen molar-refractivity contribution in [2.75, 3.05) is 25.6 Å². The summed E-state index contributed by atoms with van der Waals surface area (Å²) in [5.41, 5.74) is 2.09. The van der Waals surface area contributed by atoms with Crippen LogP contribution < -0.4 is 15.4 Å². The zero-order valence-electron chi connectivity index (χ0n) is 19.0. The number of rotatable bonds is 9. The average molecular weight is 464 g/mol. The van der Waals surface area contributed by atoms with Crippen LogP contribution in [-0.2, 0) is 20.9 Å². The summed E-state index contributed by atoms with van der Waals surface area (Å²) in [4.78, 5) is 36.8. The molecule has 0 aliphatic rings. The number of hydrogen-bond acceptors (Lipinski definition) is 7. The Morgan fingerprint density at radius 2 is 1.91 bits per heavy atom. The lowest BCUT2D eigenvalue weighted by Gasteiger charge is -2.12. The number of nitriles is 1. The number of carbonyl (C=O) groups is 3. The van der Waals surface area contributed by atoms with E-state index in [1.54, 1.807) is 47.9 Å². The number of furan rings is 1. The van der Waals surface area contributed by atoms with Crippen LogP contribution in [0.1, 0.15) is 32.9 Å². The van der Waals surface area contributed by atoms with E-state index in [1.165, 1.54) is 13.4 Å². The van der Waals surface area contributed by atoms with E-state index in [1.807, 2.05) is 6.92 Å². The van der Waals surface area contributed by atoms with Gasteiger partial charge in [0.2, 0.25) is 0 Å². The normalized spacial score (nSPS) is 10.3. The molecule has 10 nitrogen and oxygen atoms in total. The molecular weight excluding hydrogens is 440 g/mol. The summed E-state index contributed by atoms with van der Waals surface area (Å²) >= 11 is 0. The largest absolute Gasteiger partial charge is 0.496 e. The monoisotopic (exact) mass is 464 g/mol. The maximum Gasteiger partial charge on any atom is 0.325 e. The number of benzene rings is 1. The molecule has 2 heterocycles. The number of nitrogens with zero attached hydrogens (tertiary/aromatic N) is 2. The van der Waals surface area contributed by atoms with E-state index in [0.29, 0.717) is 29.4 Å². The third-order valence-electron chi connectivity index (χ3n) is 5.20. The fourth-order valence-electron chi connectivity index (χ4n) is 3.33. The fourth-order valence-corrected chi connectivity index (χ4v) is 3.33. The van der Waals surface area contributed by atoms with Gasteiger partial charge in [-0.25, -0.2) is 0 Å². The topological polar surface area (TPSA) is 136 Å². The molecule has 0 saturated heterocycles. The van der Waals surface area contributed by atoms with Crippen LogP contribution in [-0.4, -0.2) is 42.6 Å². The SMILES string of the molecule is COc1ccccc1C(=O)NCC(=O)OCC(=O)Nc1c(C#N)c(C)c(C)n1Cc1ccco1. The third-order valence-corrected chi connectivity index (χ3v) is 5.20. The van der Waals surface area contributed by atoms with Gasteiger partial charge in [0.15, 0.2) is 6.61 Å². The zero-order valence-corrected chi connectivity index (χ0v) is 19.0. The number of amides is 2. The number of methoxy groups -OCH3 is 1. The van der Waals surface area contributed by atoms with Crippen LogP contribution in [0.2, 0.25) is 0 Å². The molecule has 2 N–H and O–H groups in total. The van der Waals surface area contributed by atoms with Crippen molar-refractivity contribution < 1.29 is 28.3 Å². The van der Waals surface area contributed by atoms with Crippen LogP contribution in [0.3, 0.4) is 0 Å². The number of aromatic nitrogens is 1. The molecule has 0 spiro atoms. The van der Waals surface area contributed by atoms with E-state index < -0.39 is 30.9 Å². The molecule has 0 radical (unpaired) electrons. The minimum absolute atomic E-state index is 0.266. The second-order valence-electron chi connectivity index (χ2n) is 7.30. The van der Waals surface area contributed by atoms with Crippen molar-refractivity contribution >= 4 is 23.6 Å². The Morgan fingerprint density at radius 1 is 1.15 bits per heavy atom. The van der Waals surface area contributed by atoms with Gasteiger partial charge in [0.05, 0.1) is 31.0 Å². The first-order chi connectivity index (χ1) is 16.3.